The lowest BCUT2D eigenvalue weighted by atomic mass is 9.99. The second-order valence-electron chi connectivity index (χ2n) is 18.3. The van der Waals surface area contributed by atoms with Crippen LogP contribution in [0, 0.1) is 0 Å². The van der Waals surface area contributed by atoms with E-state index >= 15 is 0 Å². The van der Waals surface area contributed by atoms with Gasteiger partial charge in [-0.15, -0.1) is 0 Å². The molecule has 9 heteroatoms. The molecule has 0 aromatic rings. The summed E-state index contributed by atoms with van der Waals surface area (Å²) in [6.45, 7) is 4.53. The van der Waals surface area contributed by atoms with Crippen molar-refractivity contribution >= 4 is 5.97 Å². The average molecular weight is 917 g/mol. The van der Waals surface area contributed by atoms with E-state index in [1.165, 1.54) is 148 Å². The van der Waals surface area contributed by atoms with Gasteiger partial charge in [0.25, 0.3) is 0 Å². The van der Waals surface area contributed by atoms with Crippen molar-refractivity contribution in [3.8, 4) is 0 Å². The molecule has 0 spiro atoms. The van der Waals surface area contributed by atoms with Crippen LogP contribution >= 0.6 is 0 Å². The molecule has 6 atom stereocenters. The first kappa shape index (κ1) is 60.9. The third kappa shape index (κ3) is 37.5. The number of allylic oxidation sites excluding steroid dienone is 10. The summed E-state index contributed by atoms with van der Waals surface area (Å²) in [7, 11) is 0. The third-order valence-electron chi connectivity index (χ3n) is 12.2. The summed E-state index contributed by atoms with van der Waals surface area (Å²) in [5.41, 5.74) is 0. The largest absolute Gasteiger partial charge is 0.457 e. The molecule has 0 saturated carbocycles. The van der Waals surface area contributed by atoms with Gasteiger partial charge in [-0.05, 0) is 83.5 Å². The maximum Gasteiger partial charge on any atom is 0.306 e. The van der Waals surface area contributed by atoms with Crippen molar-refractivity contribution in [2.75, 3.05) is 26.4 Å². The second kappa shape index (κ2) is 47.0. The van der Waals surface area contributed by atoms with Crippen LogP contribution in [0.15, 0.2) is 60.8 Å². The van der Waals surface area contributed by atoms with Crippen LogP contribution in [0.1, 0.15) is 226 Å². The fourth-order valence-electron chi connectivity index (χ4n) is 7.94. The quantitative estimate of drug-likeness (QED) is 0.0267. The van der Waals surface area contributed by atoms with Gasteiger partial charge in [0.1, 0.15) is 30.5 Å². The Kier molecular flexibility index (Phi) is 44.0. The molecule has 1 rings (SSSR count). The number of hydrogen-bond acceptors (Lipinski definition) is 9. The summed E-state index contributed by atoms with van der Waals surface area (Å²) < 4.78 is 22.9. The van der Waals surface area contributed by atoms with Crippen molar-refractivity contribution in [2.45, 2.75) is 263 Å². The summed E-state index contributed by atoms with van der Waals surface area (Å²) in [5, 5.41) is 40.3. The van der Waals surface area contributed by atoms with E-state index < -0.39 is 43.4 Å². The second-order valence-corrected chi connectivity index (χ2v) is 18.3. The molecule has 0 aromatic heterocycles. The highest BCUT2D eigenvalue weighted by atomic mass is 16.7. The van der Waals surface area contributed by atoms with Gasteiger partial charge >= 0.3 is 5.97 Å². The summed E-state index contributed by atoms with van der Waals surface area (Å²) in [4.78, 5) is 12.9. The minimum Gasteiger partial charge on any atom is -0.457 e. The first-order valence-corrected chi connectivity index (χ1v) is 26.9. The lowest BCUT2D eigenvalue weighted by Crippen LogP contribution is -2.59. The van der Waals surface area contributed by atoms with Gasteiger partial charge < -0.3 is 39.4 Å². The van der Waals surface area contributed by atoms with Gasteiger partial charge in [-0.3, -0.25) is 4.79 Å². The molecule has 6 unspecified atom stereocenters. The SMILES string of the molecule is CCCCCC/C=C\C/C=C\CCCCCCCCCCOCC(COC1OC(CO)C(O)C(O)C1O)OC(=O)CCCCCCCCCC/C=C\C/C=C\C/C=C\CCCCCCC. The molecular formula is C56H100O9. The van der Waals surface area contributed by atoms with E-state index in [2.05, 4.69) is 74.6 Å². The fourth-order valence-corrected chi connectivity index (χ4v) is 7.94. The molecule has 0 aliphatic carbocycles. The van der Waals surface area contributed by atoms with Crippen LogP contribution in [0.4, 0.5) is 0 Å². The average Bonchev–Trinajstić information content (AvgIpc) is 3.31. The normalized spacial score (nSPS) is 19.9. The Morgan fingerprint density at radius 1 is 0.492 bits per heavy atom. The van der Waals surface area contributed by atoms with E-state index in [-0.39, 0.29) is 19.2 Å². The molecular weight excluding hydrogens is 817 g/mol. The summed E-state index contributed by atoms with van der Waals surface area (Å²) in [6.07, 6.45) is 53.9. The van der Waals surface area contributed by atoms with E-state index in [0.717, 1.165) is 57.8 Å². The van der Waals surface area contributed by atoms with Crippen LogP contribution < -0.4 is 0 Å². The third-order valence-corrected chi connectivity index (χ3v) is 12.2. The number of aliphatic hydroxyl groups is 4. The van der Waals surface area contributed by atoms with Gasteiger partial charge in [-0.2, -0.15) is 0 Å². The van der Waals surface area contributed by atoms with E-state index in [0.29, 0.717) is 13.0 Å². The van der Waals surface area contributed by atoms with Gasteiger partial charge in [0.05, 0.1) is 19.8 Å². The van der Waals surface area contributed by atoms with Crippen molar-refractivity contribution in [3.63, 3.8) is 0 Å². The highest BCUT2D eigenvalue weighted by Gasteiger charge is 2.44. The molecule has 1 saturated heterocycles. The number of hydrogen-bond donors (Lipinski definition) is 4. The van der Waals surface area contributed by atoms with Crippen molar-refractivity contribution in [3.05, 3.63) is 60.8 Å². The standard InChI is InChI=1S/C56H100O9/c1-3-5-7-9-11-13-15-17-19-21-23-24-25-26-27-29-31-33-35-37-39-41-43-45-52(58)64-50(49-63-56-55(61)54(60)53(59)51(47-57)65-56)48-62-46-44-42-40-38-36-34-32-30-28-22-20-18-16-14-12-10-8-6-4-2/h14-17,20-23,25-26,50-51,53-57,59-61H,3-13,18-19,24,27-49H2,1-2H3/b16-14-,17-15-,22-20-,23-21-,26-25-. The first-order chi connectivity index (χ1) is 31.9. The lowest BCUT2D eigenvalue weighted by molar-refractivity contribution is -0.305. The van der Waals surface area contributed by atoms with Gasteiger partial charge in [-0.25, -0.2) is 0 Å². The molecule has 0 aromatic carbocycles. The van der Waals surface area contributed by atoms with E-state index in [1.54, 1.807) is 0 Å². The minimum atomic E-state index is -1.54. The Labute approximate surface area is 398 Å². The highest BCUT2D eigenvalue weighted by Crippen LogP contribution is 2.23. The molecule has 65 heavy (non-hydrogen) atoms. The number of rotatable bonds is 46. The van der Waals surface area contributed by atoms with Crippen molar-refractivity contribution < 1.29 is 44.2 Å². The molecule has 1 fully saturated rings. The van der Waals surface area contributed by atoms with Gasteiger partial charge in [0.15, 0.2) is 6.29 Å². The van der Waals surface area contributed by atoms with Crippen LogP contribution in [-0.2, 0) is 23.7 Å². The Hall–Kier alpha value is -2.11. The zero-order chi connectivity index (χ0) is 47.1. The Balaban J connectivity index is 2.21. The van der Waals surface area contributed by atoms with Gasteiger partial charge in [0, 0.05) is 13.0 Å². The maximum atomic E-state index is 12.9. The highest BCUT2D eigenvalue weighted by molar-refractivity contribution is 5.69. The van der Waals surface area contributed by atoms with Crippen LogP contribution in [0.2, 0.25) is 0 Å². The van der Waals surface area contributed by atoms with Crippen molar-refractivity contribution in [1.29, 1.82) is 0 Å². The van der Waals surface area contributed by atoms with Crippen LogP contribution in [0.25, 0.3) is 0 Å². The zero-order valence-electron chi connectivity index (χ0n) is 41.7. The Morgan fingerprint density at radius 3 is 1.35 bits per heavy atom. The minimum absolute atomic E-state index is 0.121. The predicted molar refractivity (Wildman–Crippen MR) is 270 cm³/mol. The number of carbonyl (C=O) groups is 1. The molecule has 1 aliphatic heterocycles. The Bertz CT molecular complexity index is 1180. The Morgan fingerprint density at radius 2 is 0.892 bits per heavy atom. The first-order valence-electron chi connectivity index (χ1n) is 26.9. The molecule has 0 amide bonds. The number of carbonyl (C=O) groups excluding carboxylic acids is 1. The van der Waals surface area contributed by atoms with Crippen LogP contribution in [0.3, 0.4) is 0 Å². The van der Waals surface area contributed by atoms with Gasteiger partial charge in [-0.1, -0.05) is 197 Å². The monoisotopic (exact) mass is 917 g/mol. The number of ether oxygens (including phenoxy) is 4. The summed E-state index contributed by atoms with van der Waals surface area (Å²) >= 11 is 0. The molecule has 378 valence electrons. The number of esters is 1. The molecule has 0 bridgehead atoms. The molecule has 4 N–H and O–H groups in total. The van der Waals surface area contributed by atoms with E-state index in [9.17, 15) is 25.2 Å². The molecule has 1 heterocycles. The molecule has 0 radical (unpaired) electrons. The predicted octanol–water partition coefficient (Wildman–Crippen LogP) is 13.4. The topological polar surface area (TPSA) is 135 Å². The summed E-state index contributed by atoms with van der Waals surface area (Å²) in [5.74, 6) is -0.323. The smallest absolute Gasteiger partial charge is 0.306 e. The molecule has 9 nitrogen and oxygen atoms in total. The number of aliphatic hydroxyl groups excluding tert-OH is 4. The zero-order valence-corrected chi connectivity index (χ0v) is 41.7. The van der Waals surface area contributed by atoms with Crippen molar-refractivity contribution in [2.24, 2.45) is 0 Å². The van der Waals surface area contributed by atoms with Crippen LogP contribution in [-0.4, -0.2) is 89.6 Å². The summed E-state index contributed by atoms with van der Waals surface area (Å²) in [6, 6.07) is 0. The maximum absolute atomic E-state index is 12.9. The fraction of sp³-hybridized carbons (Fsp3) is 0.804. The molecule has 1 aliphatic rings. The van der Waals surface area contributed by atoms with E-state index in [1.807, 2.05) is 0 Å². The lowest BCUT2D eigenvalue weighted by Gasteiger charge is -2.39. The number of unbranched alkanes of at least 4 members (excludes halogenated alkanes) is 25. The van der Waals surface area contributed by atoms with Crippen LogP contribution in [0.5, 0.6) is 0 Å². The van der Waals surface area contributed by atoms with Crippen molar-refractivity contribution in [1.82, 2.24) is 0 Å². The van der Waals surface area contributed by atoms with E-state index in [4.69, 9.17) is 18.9 Å². The van der Waals surface area contributed by atoms with Gasteiger partial charge in [0.2, 0.25) is 0 Å².